The van der Waals surface area contributed by atoms with Gasteiger partial charge in [-0.2, -0.15) is 13.2 Å². The molecule has 1 amide bonds. The van der Waals surface area contributed by atoms with Gasteiger partial charge in [-0.15, -0.1) is 0 Å². The number of carbonyl (C=O) groups excluding carboxylic acids is 1. The van der Waals surface area contributed by atoms with E-state index in [1.807, 2.05) is 0 Å². The second kappa shape index (κ2) is 13.7. The number of amides is 1. The Morgan fingerprint density at radius 2 is 1.81 bits per heavy atom. The van der Waals surface area contributed by atoms with Crippen LogP contribution in [0.2, 0.25) is 0 Å². The van der Waals surface area contributed by atoms with Crippen LogP contribution in [-0.2, 0) is 4.74 Å². The van der Waals surface area contributed by atoms with E-state index in [-0.39, 0.29) is 48.2 Å². The minimum absolute atomic E-state index is 0.0856. The third-order valence-corrected chi connectivity index (χ3v) is 7.43. The molecule has 1 fully saturated rings. The van der Waals surface area contributed by atoms with Gasteiger partial charge >= 0.3 is 12.3 Å². The summed E-state index contributed by atoms with van der Waals surface area (Å²) in [6.07, 6.45) is -6.35. The molecule has 1 aliphatic heterocycles. The summed E-state index contributed by atoms with van der Waals surface area (Å²) >= 11 is 0. The maximum Gasteiger partial charge on any atom is 0.416 e. The van der Waals surface area contributed by atoms with E-state index >= 15 is 0 Å². The Labute approximate surface area is 273 Å². The quantitative estimate of drug-likeness (QED) is 0.169. The molecule has 0 radical (unpaired) electrons. The van der Waals surface area contributed by atoms with E-state index < -0.39 is 48.6 Å². The smallest absolute Gasteiger partial charge is 0.416 e. The van der Waals surface area contributed by atoms with Crippen molar-refractivity contribution in [1.82, 2.24) is 19.9 Å². The van der Waals surface area contributed by atoms with E-state index in [1.54, 1.807) is 58.0 Å². The highest BCUT2D eigenvalue weighted by atomic mass is 19.4. The molecule has 3 heterocycles. The molecule has 15 heteroatoms. The summed E-state index contributed by atoms with van der Waals surface area (Å²) in [6.45, 7) is 6.09. The molecule has 48 heavy (non-hydrogen) atoms. The van der Waals surface area contributed by atoms with E-state index in [0.717, 1.165) is 6.07 Å². The number of nitrogens with one attached hydrogen (secondary N) is 2. The van der Waals surface area contributed by atoms with Gasteiger partial charge in [0.25, 0.3) is 0 Å². The number of likely N-dealkylation sites (tertiary alicyclic amines) is 1. The lowest BCUT2D eigenvalue weighted by Crippen LogP contribution is -2.51. The lowest BCUT2D eigenvalue weighted by Gasteiger charge is -2.36. The Hall–Kier alpha value is -4.79. The normalized spacial score (nSPS) is 17.6. The lowest BCUT2D eigenvalue weighted by atomic mass is 10.0. The number of ether oxygens (including phenoxy) is 2. The van der Waals surface area contributed by atoms with Gasteiger partial charge in [0.1, 0.15) is 23.3 Å². The Kier molecular flexibility index (Phi) is 9.89. The summed E-state index contributed by atoms with van der Waals surface area (Å²) in [7, 11) is 0. The summed E-state index contributed by atoms with van der Waals surface area (Å²) < 4.78 is 79.9. The molecule has 2 aromatic carbocycles. The van der Waals surface area contributed by atoms with Crippen LogP contribution >= 0.6 is 0 Å². The first kappa shape index (κ1) is 34.5. The minimum atomic E-state index is -4.88. The highest BCUT2D eigenvalue weighted by molar-refractivity contribution is 5.99. The zero-order valence-electron chi connectivity index (χ0n) is 26.6. The number of hydrogen-bond acceptors (Lipinski definition) is 9. The van der Waals surface area contributed by atoms with Crippen LogP contribution in [-0.4, -0.2) is 80.8 Å². The molecular weight excluding hydrogens is 639 g/mol. The average molecular weight is 675 g/mol. The number of fused-ring (bicyclic) bond motifs is 1. The third-order valence-electron chi connectivity index (χ3n) is 7.43. The van der Waals surface area contributed by atoms with Gasteiger partial charge < -0.3 is 30.1 Å². The van der Waals surface area contributed by atoms with Crippen molar-refractivity contribution in [2.45, 2.75) is 64.2 Å². The molecule has 0 aliphatic carbocycles. The van der Waals surface area contributed by atoms with Gasteiger partial charge in [0.2, 0.25) is 11.8 Å². The number of aliphatic hydroxyl groups excluding tert-OH is 1. The van der Waals surface area contributed by atoms with E-state index in [2.05, 4.69) is 25.6 Å². The molecule has 0 bridgehead atoms. The Morgan fingerprint density at radius 3 is 2.54 bits per heavy atom. The fourth-order valence-electron chi connectivity index (χ4n) is 5.23. The van der Waals surface area contributed by atoms with Gasteiger partial charge in [-0.25, -0.2) is 28.5 Å². The highest BCUT2D eigenvalue weighted by Gasteiger charge is 2.38. The first-order valence-electron chi connectivity index (χ1n) is 15.1. The number of aromatic nitrogens is 3. The maximum absolute atomic E-state index is 14.8. The molecule has 3 N–H and O–H groups in total. The van der Waals surface area contributed by atoms with Crippen LogP contribution in [0.15, 0.2) is 54.9 Å². The van der Waals surface area contributed by atoms with Crippen LogP contribution in [0.3, 0.4) is 0 Å². The summed E-state index contributed by atoms with van der Waals surface area (Å²) in [5.74, 6) is -0.226. The van der Waals surface area contributed by atoms with Crippen molar-refractivity contribution in [3.63, 3.8) is 0 Å². The number of piperidine rings is 1. The number of halogens is 5. The van der Waals surface area contributed by atoms with Crippen LogP contribution in [0, 0.1) is 12.7 Å². The lowest BCUT2D eigenvalue weighted by molar-refractivity contribution is -0.198. The van der Waals surface area contributed by atoms with Crippen molar-refractivity contribution in [2.24, 2.45) is 0 Å². The van der Waals surface area contributed by atoms with Crippen molar-refractivity contribution in [2.75, 3.05) is 30.3 Å². The number of benzene rings is 2. The molecular formula is C33H35F5N6O4. The van der Waals surface area contributed by atoms with E-state index in [9.17, 15) is 31.9 Å². The number of carbonyl (C=O) groups is 1. The molecule has 2 unspecified atom stereocenters. The molecule has 0 spiro atoms. The Morgan fingerprint density at radius 1 is 1.06 bits per heavy atom. The SMILES string of the molecule is Cc1ccc2c(NC[C@H](O)C(F)(F)F)c(F)ccc2c1Oc1ncccc1-c1ccnc(NC2CC(F)CN(C(=O)OC(C)(C)C)C2)n1. The van der Waals surface area contributed by atoms with Crippen LogP contribution < -0.4 is 15.4 Å². The maximum atomic E-state index is 14.8. The van der Waals surface area contributed by atoms with Gasteiger partial charge in [-0.05, 0) is 63.6 Å². The van der Waals surface area contributed by atoms with Crippen molar-refractivity contribution in [3.05, 3.63) is 66.2 Å². The number of rotatable bonds is 8. The summed E-state index contributed by atoms with van der Waals surface area (Å²) in [5.41, 5.74) is 0.529. The van der Waals surface area contributed by atoms with Crippen molar-refractivity contribution in [3.8, 4) is 22.9 Å². The molecule has 3 atom stereocenters. The zero-order chi connectivity index (χ0) is 34.8. The zero-order valence-corrected chi connectivity index (χ0v) is 26.6. The summed E-state index contributed by atoms with van der Waals surface area (Å²) in [6, 6.07) is 10.2. The molecule has 2 aromatic heterocycles. The third kappa shape index (κ3) is 8.19. The van der Waals surface area contributed by atoms with Crippen LogP contribution in [0.4, 0.5) is 38.4 Å². The molecule has 256 valence electrons. The molecule has 0 saturated carbocycles. The van der Waals surface area contributed by atoms with Crippen LogP contribution in [0.25, 0.3) is 22.0 Å². The number of hydrogen-bond donors (Lipinski definition) is 3. The van der Waals surface area contributed by atoms with Gasteiger partial charge in [0.15, 0.2) is 6.10 Å². The van der Waals surface area contributed by atoms with E-state index in [0.29, 0.717) is 22.2 Å². The molecule has 1 saturated heterocycles. The molecule has 5 rings (SSSR count). The standard InChI is InChI=1S/C33H35F5N6O4/c1-18-7-8-21-22(9-10-24(35)27(21)41-15-26(45)33(36,37)38)28(18)47-29-23(6-5-12-39-29)25-11-13-40-30(43-25)42-20-14-19(34)16-44(17-20)31(46)48-32(2,3)4/h5-13,19-20,26,41,45H,14-17H2,1-4H3,(H,40,42,43)/t19?,20?,26-/m0/s1. The van der Waals surface area contributed by atoms with Crippen molar-refractivity contribution in [1.29, 1.82) is 0 Å². The predicted octanol–water partition coefficient (Wildman–Crippen LogP) is 7.03. The second-order valence-corrected chi connectivity index (χ2v) is 12.5. The average Bonchev–Trinajstić information content (AvgIpc) is 3.00. The van der Waals surface area contributed by atoms with Crippen molar-refractivity contribution < 1.29 is 41.3 Å². The number of pyridine rings is 1. The fourth-order valence-corrected chi connectivity index (χ4v) is 5.23. The van der Waals surface area contributed by atoms with Gasteiger partial charge in [0.05, 0.1) is 23.5 Å². The first-order valence-corrected chi connectivity index (χ1v) is 15.1. The largest absolute Gasteiger partial charge is 0.444 e. The highest BCUT2D eigenvalue weighted by Crippen LogP contribution is 2.39. The van der Waals surface area contributed by atoms with Gasteiger partial charge in [-0.1, -0.05) is 12.1 Å². The predicted molar refractivity (Wildman–Crippen MR) is 169 cm³/mol. The van der Waals surface area contributed by atoms with Gasteiger partial charge in [0, 0.05) is 48.7 Å². The number of aliphatic hydroxyl groups is 1. The van der Waals surface area contributed by atoms with E-state index in [1.165, 1.54) is 23.4 Å². The number of alkyl halides is 4. The Balaban J connectivity index is 1.40. The molecule has 10 nitrogen and oxygen atoms in total. The van der Waals surface area contributed by atoms with Gasteiger partial charge in [-0.3, -0.25) is 0 Å². The number of aryl methyl sites for hydroxylation is 1. The molecule has 1 aliphatic rings. The first-order chi connectivity index (χ1) is 22.6. The van der Waals surface area contributed by atoms with Crippen LogP contribution in [0.1, 0.15) is 32.8 Å². The topological polar surface area (TPSA) is 122 Å². The number of nitrogens with zero attached hydrogens (tertiary/aromatic N) is 4. The molecule has 4 aromatic rings. The van der Waals surface area contributed by atoms with Crippen LogP contribution in [0.5, 0.6) is 11.6 Å². The Bertz CT molecular complexity index is 1780. The summed E-state index contributed by atoms with van der Waals surface area (Å²) in [5, 5.41) is 15.5. The second-order valence-electron chi connectivity index (χ2n) is 12.5. The minimum Gasteiger partial charge on any atom is -0.444 e. The van der Waals surface area contributed by atoms with E-state index in [4.69, 9.17) is 9.47 Å². The monoisotopic (exact) mass is 674 g/mol. The summed E-state index contributed by atoms with van der Waals surface area (Å²) in [4.78, 5) is 27.2. The number of anilines is 2. The fraction of sp³-hybridized carbons (Fsp3) is 0.394. The van der Waals surface area contributed by atoms with Crippen molar-refractivity contribution >= 4 is 28.5 Å².